The van der Waals surface area contributed by atoms with Crippen LogP contribution in [0.3, 0.4) is 0 Å². The maximum absolute atomic E-state index is 12.5. The number of fused-ring (bicyclic) bond motifs is 1. The number of hydrogen-bond acceptors (Lipinski definition) is 5. The SMILES string of the molecule is CCCC(=O)Nc1nc2ccc(CCC(=O)Nc3ccc(N(CC)CC)cc3C)cc2s1. The standard InChI is InChI=1S/C25H32N4O2S/c1-5-8-23(30)28-25-27-21-12-9-18(16-22(21)32-25)10-14-24(31)26-20-13-11-19(15-17(20)4)29(6-2)7-3/h9,11-13,15-16H,5-8,10,14H2,1-4H3,(H,26,31)(H,27,28,30). The Morgan fingerprint density at radius 3 is 2.41 bits per heavy atom. The number of nitrogens with one attached hydrogen (secondary N) is 2. The van der Waals surface area contributed by atoms with Crippen LogP contribution in [0.1, 0.15) is 51.2 Å². The number of thiazole rings is 1. The lowest BCUT2D eigenvalue weighted by molar-refractivity contribution is -0.117. The number of benzene rings is 2. The summed E-state index contributed by atoms with van der Waals surface area (Å²) in [7, 11) is 0. The molecule has 3 rings (SSSR count). The van der Waals surface area contributed by atoms with Gasteiger partial charge in [-0.2, -0.15) is 0 Å². The topological polar surface area (TPSA) is 74.3 Å². The van der Waals surface area contributed by atoms with Crippen molar-refractivity contribution in [3.05, 3.63) is 47.5 Å². The van der Waals surface area contributed by atoms with Gasteiger partial charge in [-0.3, -0.25) is 9.59 Å². The highest BCUT2D eigenvalue weighted by Gasteiger charge is 2.11. The van der Waals surface area contributed by atoms with Crippen LogP contribution in [0, 0.1) is 6.92 Å². The van der Waals surface area contributed by atoms with Crippen LogP contribution >= 0.6 is 11.3 Å². The van der Waals surface area contributed by atoms with Crippen LogP contribution in [0.15, 0.2) is 36.4 Å². The van der Waals surface area contributed by atoms with Crippen LogP contribution < -0.4 is 15.5 Å². The van der Waals surface area contributed by atoms with Gasteiger partial charge in [0.1, 0.15) is 0 Å². The second-order valence-electron chi connectivity index (χ2n) is 7.84. The summed E-state index contributed by atoms with van der Waals surface area (Å²) in [5, 5.41) is 6.52. The molecule has 0 atom stereocenters. The first kappa shape index (κ1) is 23.7. The highest BCUT2D eigenvalue weighted by atomic mass is 32.1. The molecule has 6 nitrogen and oxygen atoms in total. The predicted octanol–water partition coefficient (Wildman–Crippen LogP) is 5.76. The smallest absolute Gasteiger partial charge is 0.226 e. The van der Waals surface area contributed by atoms with E-state index in [-0.39, 0.29) is 11.8 Å². The lowest BCUT2D eigenvalue weighted by Crippen LogP contribution is -2.22. The fourth-order valence-corrected chi connectivity index (χ4v) is 4.58. The van der Waals surface area contributed by atoms with Gasteiger partial charge < -0.3 is 15.5 Å². The second-order valence-corrected chi connectivity index (χ2v) is 8.87. The molecule has 32 heavy (non-hydrogen) atoms. The Labute approximate surface area is 194 Å². The zero-order chi connectivity index (χ0) is 23.1. The Kier molecular flexibility index (Phi) is 8.22. The Balaban J connectivity index is 1.59. The summed E-state index contributed by atoms with van der Waals surface area (Å²) in [6, 6.07) is 12.2. The van der Waals surface area contributed by atoms with Crippen molar-refractivity contribution in [2.75, 3.05) is 28.6 Å². The molecule has 0 aliphatic carbocycles. The number of carbonyl (C=O) groups excluding carboxylic acids is 2. The average Bonchev–Trinajstić information content (AvgIpc) is 3.16. The summed E-state index contributed by atoms with van der Waals surface area (Å²) < 4.78 is 1.01. The summed E-state index contributed by atoms with van der Waals surface area (Å²) in [5.41, 5.74) is 5.03. The van der Waals surface area contributed by atoms with E-state index < -0.39 is 0 Å². The molecule has 0 aliphatic heterocycles. The zero-order valence-electron chi connectivity index (χ0n) is 19.3. The molecule has 0 radical (unpaired) electrons. The lowest BCUT2D eigenvalue weighted by atomic mass is 10.1. The molecule has 1 aromatic heterocycles. The largest absolute Gasteiger partial charge is 0.372 e. The van der Waals surface area contributed by atoms with Gasteiger partial charge in [-0.15, -0.1) is 0 Å². The van der Waals surface area contributed by atoms with Crippen LogP contribution in [0.25, 0.3) is 10.2 Å². The minimum absolute atomic E-state index is 0.000564. The van der Waals surface area contributed by atoms with Gasteiger partial charge in [0, 0.05) is 37.3 Å². The second kappa shape index (κ2) is 11.1. The van der Waals surface area contributed by atoms with E-state index in [0.29, 0.717) is 24.4 Å². The lowest BCUT2D eigenvalue weighted by Gasteiger charge is -2.22. The highest BCUT2D eigenvalue weighted by Crippen LogP contribution is 2.28. The molecule has 2 N–H and O–H groups in total. The fraction of sp³-hybridized carbons (Fsp3) is 0.400. The molecular weight excluding hydrogens is 420 g/mol. The minimum atomic E-state index is -0.0103. The fourth-order valence-electron chi connectivity index (χ4n) is 3.63. The number of carbonyl (C=O) groups is 2. The quantitative estimate of drug-likeness (QED) is 0.410. The van der Waals surface area contributed by atoms with Gasteiger partial charge in [0.15, 0.2) is 5.13 Å². The third-order valence-electron chi connectivity index (χ3n) is 5.43. The van der Waals surface area contributed by atoms with Crippen molar-refractivity contribution < 1.29 is 9.59 Å². The summed E-state index contributed by atoms with van der Waals surface area (Å²) in [5.74, 6) is -0.00974. The van der Waals surface area contributed by atoms with Crippen LogP contribution in [0.4, 0.5) is 16.5 Å². The molecule has 0 bridgehead atoms. The van der Waals surface area contributed by atoms with Gasteiger partial charge in [-0.05, 0) is 75.1 Å². The first-order valence-electron chi connectivity index (χ1n) is 11.3. The predicted molar refractivity (Wildman–Crippen MR) is 135 cm³/mol. The van der Waals surface area contributed by atoms with Crippen LogP contribution in [0.2, 0.25) is 0 Å². The summed E-state index contributed by atoms with van der Waals surface area (Å²) in [6.45, 7) is 10.2. The van der Waals surface area contributed by atoms with E-state index in [9.17, 15) is 9.59 Å². The number of rotatable bonds is 10. The van der Waals surface area contributed by atoms with E-state index in [4.69, 9.17) is 0 Å². The number of anilines is 3. The minimum Gasteiger partial charge on any atom is -0.372 e. The number of nitrogens with zero attached hydrogens (tertiary/aromatic N) is 2. The maximum atomic E-state index is 12.5. The van der Waals surface area contributed by atoms with Crippen molar-refractivity contribution in [1.29, 1.82) is 0 Å². The molecule has 170 valence electrons. The molecule has 2 amide bonds. The van der Waals surface area contributed by atoms with E-state index in [1.807, 2.05) is 32.0 Å². The van der Waals surface area contributed by atoms with Crippen molar-refractivity contribution in [1.82, 2.24) is 4.98 Å². The molecule has 0 aliphatic rings. The van der Waals surface area contributed by atoms with Crippen LogP contribution in [0.5, 0.6) is 0 Å². The Bertz CT molecular complexity index is 1090. The summed E-state index contributed by atoms with van der Waals surface area (Å²) >= 11 is 1.46. The van der Waals surface area contributed by atoms with Gasteiger partial charge in [-0.1, -0.05) is 24.3 Å². The van der Waals surface area contributed by atoms with Gasteiger partial charge in [0.05, 0.1) is 10.2 Å². The third kappa shape index (κ3) is 6.07. The molecule has 0 fully saturated rings. The van der Waals surface area contributed by atoms with Crippen molar-refractivity contribution in [3.63, 3.8) is 0 Å². The molecule has 3 aromatic rings. The van der Waals surface area contributed by atoms with Crippen LogP contribution in [-0.2, 0) is 16.0 Å². The number of amides is 2. The normalized spacial score (nSPS) is 10.9. The number of aromatic nitrogens is 1. The molecule has 0 saturated heterocycles. The van der Waals surface area contributed by atoms with Gasteiger partial charge in [0.25, 0.3) is 0 Å². The maximum Gasteiger partial charge on any atom is 0.226 e. The number of hydrogen-bond donors (Lipinski definition) is 2. The van der Waals surface area contributed by atoms with Crippen molar-refractivity contribution >= 4 is 49.9 Å². The van der Waals surface area contributed by atoms with Crippen molar-refractivity contribution in [2.24, 2.45) is 0 Å². The molecule has 0 unspecified atom stereocenters. The van der Waals surface area contributed by atoms with Gasteiger partial charge >= 0.3 is 0 Å². The van der Waals surface area contributed by atoms with Gasteiger partial charge in [0.2, 0.25) is 11.8 Å². The summed E-state index contributed by atoms with van der Waals surface area (Å²) in [6.07, 6.45) is 2.35. The molecule has 7 heteroatoms. The van der Waals surface area contributed by atoms with Crippen molar-refractivity contribution in [2.45, 2.75) is 53.4 Å². The zero-order valence-corrected chi connectivity index (χ0v) is 20.1. The van der Waals surface area contributed by atoms with E-state index in [2.05, 4.69) is 52.6 Å². The Hall–Kier alpha value is -2.93. The Morgan fingerprint density at radius 1 is 0.969 bits per heavy atom. The molecular formula is C25H32N4O2S. The Morgan fingerprint density at radius 2 is 1.72 bits per heavy atom. The average molecular weight is 453 g/mol. The van der Waals surface area contributed by atoms with E-state index >= 15 is 0 Å². The monoisotopic (exact) mass is 452 g/mol. The van der Waals surface area contributed by atoms with Crippen LogP contribution in [-0.4, -0.2) is 29.9 Å². The summed E-state index contributed by atoms with van der Waals surface area (Å²) in [4.78, 5) is 31.1. The van der Waals surface area contributed by atoms with Gasteiger partial charge in [-0.25, -0.2) is 4.98 Å². The molecule has 0 saturated carbocycles. The highest BCUT2D eigenvalue weighted by molar-refractivity contribution is 7.22. The van der Waals surface area contributed by atoms with E-state index in [1.54, 1.807) is 0 Å². The van der Waals surface area contributed by atoms with E-state index in [0.717, 1.165) is 46.5 Å². The molecule has 1 heterocycles. The molecule has 0 spiro atoms. The van der Waals surface area contributed by atoms with E-state index in [1.165, 1.54) is 17.0 Å². The van der Waals surface area contributed by atoms with Crippen molar-refractivity contribution in [3.8, 4) is 0 Å². The first-order valence-corrected chi connectivity index (χ1v) is 12.1. The molecule has 2 aromatic carbocycles. The third-order valence-corrected chi connectivity index (χ3v) is 6.36. The number of aryl methyl sites for hydroxylation is 2. The first-order chi connectivity index (χ1) is 15.4.